The van der Waals surface area contributed by atoms with Gasteiger partial charge in [0.2, 0.25) is 5.91 Å². The van der Waals surface area contributed by atoms with Crippen LogP contribution in [0.2, 0.25) is 0 Å². The Hall–Kier alpha value is -2.16. The number of piperazine rings is 1. The summed E-state index contributed by atoms with van der Waals surface area (Å²) in [6.07, 6.45) is 3.42. The zero-order valence-corrected chi connectivity index (χ0v) is 15.0. The highest BCUT2D eigenvalue weighted by molar-refractivity contribution is 7.99. The van der Waals surface area contributed by atoms with E-state index in [2.05, 4.69) is 25.1 Å². The summed E-state index contributed by atoms with van der Waals surface area (Å²) in [5.74, 6) is 1.45. The molecule has 1 amide bonds. The Morgan fingerprint density at radius 2 is 2.00 bits per heavy atom. The molecule has 0 aromatic carbocycles. The Labute approximate surface area is 145 Å². The van der Waals surface area contributed by atoms with E-state index in [9.17, 15) is 4.79 Å². The minimum absolute atomic E-state index is 0.134. The lowest BCUT2D eigenvalue weighted by Crippen LogP contribution is -2.49. The van der Waals surface area contributed by atoms with Gasteiger partial charge in [0.1, 0.15) is 12.1 Å². The predicted octanol–water partition coefficient (Wildman–Crippen LogP) is 0.663. The van der Waals surface area contributed by atoms with Crippen molar-refractivity contribution in [3.63, 3.8) is 0 Å². The van der Waals surface area contributed by atoms with Crippen molar-refractivity contribution in [3.05, 3.63) is 23.9 Å². The van der Waals surface area contributed by atoms with E-state index in [0.29, 0.717) is 18.8 Å². The van der Waals surface area contributed by atoms with Gasteiger partial charge in [0.15, 0.2) is 5.16 Å². The van der Waals surface area contributed by atoms with E-state index < -0.39 is 0 Å². The fourth-order valence-corrected chi connectivity index (χ4v) is 3.40. The van der Waals surface area contributed by atoms with Crippen LogP contribution >= 0.6 is 11.8 Å². The van der Waals surface area contributed by atoms with Crippen LogP contribution in [0.3, 0.4) is 0 Å². The summed E-state index contributed by atoms with van der Waals surface area (Å²) in [5.41, 5.74) is 1.84. The number of nitrogens with zero attached hydrogens (tertiary/aromatic N) is 7. The van der Waals surface area contributed by atoms with Crippen molar-refractivity contribution in [2.45, 2.75) is 19.0 Å². The Morgan fingerprint density at radius 3 is 2.67 bits per heavy atom. The molecule has 3 heterocycles. The molecule has 0 radical (unpaired) electrons. The first-order valence-electron chi connectivity index (χ1n) is 7.84. The minimum atomic E-state index is 0.134. The van der Waals surface area contributed by atoms with Gasteiger partial charge in [-0.15, -0.1) is 10.2 Å². The molecule has 1 aliphatic heterocycles. The number of aryl methyl sites for hydroxylation is 3. The molecular weight excluding hydrogens is 326 g/mol. The van der Waals surface area contributed by atoms with Gasteiger partial charge >= 0.3 is 0 Å². The topological polar surface area (TPSA) is 80.0 Å². The summed E-state index contributed by atoms with van der Waals surface area (Å²) < 4.78 is 1.81. The second-order valence-corrected chi connectivity index (χ2v) is 6.74. The summed E-state index contributed by atoms with van der Waals surface area (Å²) in [5, 5.41) is 8.56. The van der Waals surface area contributed by atoms with E-state index in [4.69, 9.17) is 0 Å². The normalized spacial score (nSPS) is 15.0. The first kappa shape index (κ1) is 16.7. The standard InChI is InChI=1S/C15H21N7OS/c1-11-8-16-12(2)14(18-11)22-6-4-21(5-7-22)13(23)9-24-15-19-17-10-20(15)3/h8,10H,4-7,9H2,1-3H3. The minimum Gasteiger partial charge on any atom is -0.352 e. The van der Waals surface area contributed by atoms with Gasteiger partial charge in [-0.05, 0) is 13.8 Å². The highest BCUT2D eigenvalue weighted by Crippen LogP contribution is 2.19. The lowest BCUT2D eigenvalue weighted by atomic mass is 10.3. The highest BCUT2D eigenvalue weighted by atomic mass is 32.2. The van der Waals surface area contributed by atoms with Crippen LogP contribution in [0.4, 0.5) is 5.82 Å². The van der Waals surface area contributed by atoms with E-state index in [0.717, 1.165) is 35.5 Å². The summed E-state index contributed by atoms with van der Waals surface area (Å²) in [4.78, 5) is 25.4. The van der Waals surface area contributed by atoms with Crippen molar-refractivity contribution in [1.82, 2.24) is 29.6 Å². The smallest absolute Gasteiger partial charge is 0.233 e. The van der Waals surface area contributed by atoms with E-state index in [-0.39, 0.29) is 5.91 Å². The summed E-state index contributed by atoms with van der Waals surface area (Å²) >= 11 is 1.42. The van der Waals surface area contributed by atoms with Crippen LogP contribution in [0.15, 0.2) is 17.7 Å². The second-order valence-electron chi connectivity index (χ2n) is 5.80. The molecule has 1 fully saturated rings. The summed E-state index contributed by atoms with van der Waals surface area (Å²) in [6, 6.07) is 0. The molecule has 0 N–H and O–H groups in total. The molecule has 2 aromatic rings. The third-order valence-electron chi connectivity index (χ3n) is 3.98. The second kappa shape index (κ2) is 7.16. The van der Waals surface area contributed by atoms with E-state index in [1.807, 2.05) is 30.4 Å². The maximum Gasteiger partial charge on any atom is 0.233 e. The average molecular weight is 347 g/mol. The Bertz CT molecular complexity index is 724. The molecule has 0 atom stereocenters. The van der Waals surface area contributed by atoms with Crippen LogP contribution in [0.1, 0.15) is 11.4 Å². The van der Waals surface area contributed by atoms with Gasteiger partial charge in [-0.1, -0.05) is 11.8 Å². The van der Waals surface area contributed by atoms with Gasteiger partial charge in [0, 0.05) is 39.4 Å². The van der Waals surface area contributed by atoms with Crippen LogP contribution in [0.25, 0.3) is 0 Å². The van der Waals surface area contributed by atoms with Gasteiger partial charge in [-0.3, -0.25) is 9.78 Å². The lowest BCUT2D eigenvalue weighted by molar-refractivity contribution is -0.128. The Morgan fingerprint density at radius 1 is 1.25 bits per heavy atom. The zero-order valence-electron chi connectivity index (χ0n) is 14.1. The number of anilines is 1. The van der Waals surface area contributed by atoms with Crippen molar-refractivity contribution in [3.8, 4) is 0 Å². The molecule has 0 aliphatic carbocycles. The van der Waals surface area contributed by atoms with Crippen molar-refractivity contribution >= 4 is 23.5 Å². The molecule has 1 aliphatic rings. The molecule has 0 spiro atoms. The quantitative estimate of drug-likeness (QED) is 0.752. The van der Waals surface area contributed by atoms with Crippen LogP contribution < -0.4 is 4.90 Å². The first-order valence-corrected chi connectivity index (χ1v) is 8.83. The average Bonchev–Trinajstić information content (AvgIpc) is 3.00. The summed E-state index contributed by atoms with van der Waals surface area (Å²) in [7, 11) is 1.87. The monoisotopic (exact) mass is 347 g/mol. The molecule has 128 valence electrons. The molecule has 8 nitrogen and oxygen atoms in total. The number of hydrogen-bond donors (Lipinski definition) is 0. The number of aromatic nitrogens is 5. The van der Waals surface area contributed by atoms with Crippen molar-refractivity contribution in [2.24, 2.45) is 7.05 Å². The van der Waals surface area contributed by atoms with Crippen molar-refractivity contribution < 1.29 is 4.79 Å². The number of rotatable bonds is 4. The maximum atomic E-state index is 12.4. The fraction of sp³-hybridized carbons (Fsp3) is 0.533. The predicted molar refractivity (Wildman–Crippen MR) is 92.0 cm³/mol. The summed E-state index contributed by atoms with van der Waals surface area (Å²) in [6.45, 7) is 6.87. The first-order chi connectivity index (χ1) is 11.5. The van der Waals surface area contributed by atoms with E-state index >= 15 is 0 Å². The largest absolute Gasteiger partial charge is 0.352 e. The molecule has 0 bridgehead atoms. The van der Waals surface area contributed by atoms with Crippen LogP contribution in [-0.4, -0.2) is 67.5 Å². The van der Waals surface area contributed by atoms with Crippen LogP contribution in [0.5, 0.6) is 0 Å². The van der Waals surface area contributed by atoms with Crippen molar-refractivity contribution in [2.75, 3.05) is 36.8 Å². The number of thioether (sulfide) groups is 1. The molecular formula is C15H21N7OS. The van der Waals surface area contributed by atoms with Gasteiger partial charge in [-0.2, -0.15) is 0 Å². The Kier molecular flexibility index (Phi) is 4.98. The molecule has 0 saturated carbocycles. The van der Waals surface area contributed by atoms with Crippen molar-refractivity contribution in [1.29, 1.82) is 0 Å². The highest BCUT2D eigenvalue weighted by Gasteiger charge is 2.23. The SMILES string of the molecule is Cc1cnc(C)c(N2CCN(C(=O)CSc3nncn3C)CC2)n1. The van der Waals surface area contributed by atoms with Crippen LogP contribution in [0, 0.1) is 13.8 Å². The number of carbonyl (C=O) groups excluding carboxylic acids is 1. The molecule has 24 heavy (non-hydrogen) atoms. The van der Waals surface area contributed by atoms with Gasteiger partial charge < -0.3 is 14.4 Å². The maximum absolute atomic E-state index is 12.4. The molecule has 0 unspecified atom stereocenters. The lowest BCUT2D eigenvalue weighted by Gasteiger charge is -2.35. The van der Waals surface area contributed by atoms with E-state index in [1.165, 1.54) is 11.8 Å². The fourth-order valence-electron chi connectivity index (χ4n) is 2.61. The molecule has 9 heteroatoms. The third kappa shape index (κ3) is 3.66. The molecule has 3 rings (SSSR count). The van der Waals surface area contributed by atoms with Gasteiger partial charge in [0.25, 0.3) is 0 Å². The van der Waals surface area contributed by atoms with Gasteiger partial charge in [-0.25, -0.2) is 4.98 Å². The molecule has 1 saturated heterocycles. The van der Waals surface area contributed by atoms with E-state index in [1.54, 1.807) is 12.5 Å². The molecule has 2 aromatic heterocycles. The third-order valence-corrected chi connectivity index (χ3v) is 5.00. The van der Waals surface area contributed by atoms with Gasteiger partial charge in [0.05, 0.1) is 17.1 Å². The number of amides is 1. The number of carbonyl (C=O) groups is 1. The van der Waals surface area contributed by atoms with Crippen LogP contribution in [-0.2, 0) is 11.8 Å². The number of hydrogen-bond acceptors (Lipinski definition) is 7. The Balaban J connectivity index is 1.54. The zero-order chi connectivity index (χ0) is 17.1.